The van der Waals surface area contributed by atoms with Gasteiger partial charge in [0.1, 0.15) is 22.2 Å². The van der Waals surface area contributed by atoms with Crippen molar-refractivity contribution in [1.82, 2.24) is 15.5 Å². The van der Waals surface area contributed by atoms with Gasteiger partial charge in [-0.05, 0) is 61.9 Å². The number of carbonyl (C=O) groups is 3. The van der Waals surface area contributed by atoms with E-state index >= 15 is 0 Å². The van der Waals surface area contributed by atoms with Crippen molar-refractivity contribution < 1.29 is 23.9 Å². The van der Waals surface area contributed by atoms with Crippen LogP contribution in [0.2, 0.25) is 0 Å². The lowest BCUT2D eigenvalue weighted by molar-refractivity contribution is -0.116. The number of hydrogen-bond donors (Lipinski definition) is 3. The highest BCUT2D eigenvalue weighted by Crippen LogP contribution is 2.30. The largest absolute Gasteiger partial charge is 0.497 e. The molecule has 4 aromatic rings. The van der Waals surface area contributed by atoms with Crippen LogP contribution >= 0.6 is 23.1 Å². The van der Waals surface area contributed by atoms with Gasteiger partial charge in [0.25, 0.3) is 11.8 Å². The molecule has 0 spiro atoms. The first-order valence-electron chi connectivity index (χ1n) is 13.3. The van der Waals surface area contributed by atoms with Gasteiger partial charge in [-0.1, -0.05) is 42.5 Å². The zero-order chi connectivity index (χ0) is 30.8. The zero-order valence-corrected chi connectivity index (χ0v) is 25.7. The quantitative estimate of drug-likeness (QED) is 0.135. The lowest BCUT2D eigenvalue weighted by Gasteiger charge is -2.15. The molecule has 0 aliphatic rings. The van der Waals surface area contributed by atoms with E-state index in [0.717, 1.165) is 9.90 Å². The SMILES string of the molecule is CCC(Sc1cccc(NC(=O)/C(=C\c2ccc(OC)cc2OC)NC(=O)c2ccccc2)c1)C(=O)Nc1nnc(C)s1. The molecule has 3 aromatic carbocycles. The number of thioether (sulfide) groups is 1. The minimum Gasteiger partial charge on any atom is -0.497 e. The number of benzene rings is 3. The highest BCUT2D eigenvalue weighted by molar-refractivity contribution is 8.00. The second-order valence-electron chi connectivity index (χ2n) is 9.10. The van der Waals surface area contributed by atoms with Crippen LogP contribution in [0.4, 0.5) is 10.8 Å². The van der Waals surface area contributed by atoms with Gasteiger partial charge in [-0.25, -0.2) is 0 Å². The van der Waals surface area contributed by atoms with E-state index in [1.54, 1.807) is 79.9 Å². The molecule has 3 N–H and O–H groups in total. The molecular formula is C31H31N5O5S2. The number of methoxy groups -OCH3 is 2. The standard InChI is InChI=1S/C31H31N5O5S2/c1-5-27(30(39)34-31-36-35-19(2)42-31)43-24-13-9-12-22(17-24)32-29(38)25(33-28(37)20-10-7-6-8-11-20)16-21-14-15-23(40-3)18-26(21)41-4/h6-18,27H,5H2,1-4H3,(H,32,38)(H,33,37)(H,34,36,39)/b25-16+. The molecule has 222 valence electrons. The van der Waals surface area contributed by atoms with Gasteiger partial charge in [-0.15, -0.1) is 22.0 Å². The lowest BCUT2D eigenvalue weighted by atomic mass is 10.1. The number of nitrogens with one attached hydrogen (secondary N) is 3. The molecule has 0 radical (unpaired) electrons. The summed E-state index contributed by atoms with van der Waals surface area (Å²) in [5.74, 6) is -0.118. The van der Waals surface area contributed by atoms with Crippen molar-refractivity contribution in [3.63, 3.8) is 0 Å². The molecule has 4 rings (SSSR count). The number of carbonyl (C=O) groups excluding carboxylic acids is 3. The van der Waals surface area contributed by atoms with Crippen molar-refractivity contribution >= 4 is 57.7 Å². The third kappa shape index (κ3) is 8.66. The van der Waals surface area contributed by atoms with Crippen LogP contribution in [0.1, 0.15) is 34.3 Å². The summed E-state index contributed by atoms with van der Waals surface area (Å²) in [6.07, 6.45) is 2.12. The summed E-state index contributed by atoms with van der Waals surface area (Å²) >= 11 is 2.68. The van der Waals surface area contributed by atoms with Crippen LogP contribution in [0.3, 0.4) is 0 Å². The Morgan fingerprint density at radius 2 is 1.74 bits per heavy atom. The minimum atomic E-state index is -0.541. The number of ether oxygens (including phenoxy) is 2. The van der Waals surface area contributed by atoms with Gasteiger partial charge < -0.3 is 20.1 Å². The Morgan fingerprint density at radius 1 is 0.953 bits per heavy atom. The Balaban J connectivity index is 1.55. The van der Waals surface area contributed by atoms with Crippen molar-refractivity contribution in [1.29, 1.82) is 0 Å². The van der Waals surface area contributed by atoms with Crippen molar-refractivity contribution in [2.75, 3.05) is 24.9 Å². The monoisotopic (exact) mass is 617 g/mol. The normalized spacial score (nSPS) is 11.8. The Kier molecular flexibility index (Phi) is 10.9. The average molecular weight is 618 g/mol. The van der Waals surface area contributed by atoms with E-state index in [-0.39, 0.29) is 11.6 Å². The second kappa shape index (κ2) is 15.0. The van der Waals surface area contributed by atoms with Gasteiger partial charge in [-0.2, -0.15) is 0 Å². The van der Waals surface area contributed by atoms with Crippen molar-refractivity contribution in [3.8, 4) is 11.5 Å². The van der Waals surface area contributed by atoms with Crippen LogP contribution < -0.4 is 25.4 Å². The maximum atomic E-state index is 13.6. The van der Waals surface area contributed by atoms with Gasteiger partial charge in [0.2, 0.25) is 11.0 Å². The molecule has 1 unspecified atom stereocenters. The molecule has 0 aliphatic carbocycles. The first kappa shape index (κ1) is 31.3. The Hall–Kier alpha value is -4.68. The number of rotatable bonds is 12. The van der Waals surface area contributed by atoms with Gasteiger partial charge in [0.05, 0.1) is 19.5 Å². The summed E-state index contributed by atoms with van der Waals surface area (Å²) in [6.45, 7) is 3.74. The van der Waals surface area contributed by atoms with Crippen molar-refractivity contribution in [2.45, 2.75) is 30.4 Å². The average Bonchev–Trinajstić information content (AvgIpc) is 3.44. The van der Waals surface area contributed by atoms with E-state index in [2.05, 4.69) is 26.1 Å². The summed E-state index contributed by atoms with van der Waals surface area (Å²) in [5, 5.41) is 17.1. The highest BCUT2D eigenvalue weighted by atomic mass is 32.2. The molecule has 1 aromatic heterocycles. The fourth-order valence-electron chi connectivity index (χ4n) is 3.90. The maximum absolute atomic E-state index is 13.6. The molecule has 0 saturated carbocycles. The van der Waals surface area contributed by atoms with E-state index in [1.807, 2.05) is 19.9 Å². The van der Waals surface area contributed by atoms with Crippen LogP contribution in [-0.2, 0) is 9.59 Å². The molecule has 0 fully saturated rings. The molecule has 0 saturated heterocycles. The molecule has 1 heterocycles. The topological polar surface area (TPSA) is 132 Å². The van der Waals surface area contributed by atoms with Crippen LogP contribution in [0.15, 0.2) is 83.4 Å². The zero-order valence-electron chi connectivity index (χ0n) is 24.0. The number of aryl methyl sites for hydroxylation is 1. The van der Waals surface area contributed by atoms with E-state index in [4.69, 9.17) is 9.47 Å². The number of anilines is 2. The van der Waals surface area contributed by atoms with E-state index in [9.17, 15) is 14.4 Å². The molecule has 0 aliphatic heterocycles. The van der Waals surface area contributed by atoms with E-state index in [1.165, 1.54) is 30.2 Å². The Morgan fingerprint density at radius 3 is 2.42 bits per heavy atom. The van der Waals surface area contributed by atoms with Crippen molar-refractivity contribution in [3.05, 3.63) is 94.6 Å². The maximum Gasteiger partial charge on any atom is 0.272 e. The number of hydrogen-bond acceptors (Lipinski definition) is 9. The third-order valence-electron chi connectivity index (χ3n) is 6.06. The molecule has 12 heteroatoms. The molecule has 10 nitrogen and oxygen atoms in total. The van der Waals surface area contributed by atoms with Crippen LogP contribution in [0, 0.1) is 6.92 Å². The van der Waals surface area contributed by atoms with Crippen molar-refractivity contribution in [2.24, 2.45) is 0 Å². The number of amides is 3. The first-order valence-corrected chi connectivity index (χ1v) is 15.0. The second-order valence-corrected chi connectivity index (χ2v) is 11.6. The summed E-state index contributed by atoms with van der Waals surface area (Å²) in [5.41, 5.74) is 1.46. The van der Waals surface area contributed by atoms with Crippen LogP contribution in [0.5, 0.6) is 11.5 Å². The highest BCUT2D eigenvalue weighted by Gasteiger charge is 2.21. The van der Waals surface area contributed by atoms with Gasteiger partial charge in [-0.3, -0.25) is 19.7 Å². The number of aromatic nitrogens is 2. The van der Waals surface area contributed by atoms with Gasteiger partial charge in [0.15, 0.2) is 0 Å². The Labute approximate surface area is 257 Å². The summed E-state index contributed by atoms with van der Waals surface area (Å²) in [7, 11) is 3.06. The predicted octanol–water partition coefficient (Wildman–Crippen LogP) is 5.78. The third-order valence-corrected chi connectivity index (χ3v) is 8.17. The predicted molar refractivity (Wildman–Crippen MR) is 170 cm³/mol. The van der Waals surface area contributed by atoms with E-state index in [0.29, 0.717) is 39.9 Å². The number of nitrogens with zero attached hydrogens (tertiary/aromatic N) is 2. The Bertz CT molecular complexity index is 1620. The fraction of sp³-hybridized carbons (Fsp3) is 0.194. The van der Waals surface area contributed by atoms with Crippen LogP contribution in [-0.4, -0.2) is 47.4 Å². The first-order chi connectivity index (χ1) is 20.8. The summed E-state index contributed by atoms with van der Waals surface area (Å²) in [4.78, 5) is 40.2. The van der Waals surface area contributed by atoms with Gasteiger partial charge >= 0.3 is 0 Å². The van der Waals surface area contributed by atoms with E-state index < -0.39 is 17.1 Å². The molecule has 3 amide bonds. The molecule has 1 atom stereocenters. The van der Waals surface area contributed by atoms with Gasteiger partial charge in [0, 0.05) is 27.8 Å². The molecule has 0 bridgehead atoms. The van der Waals surface area contributed by atoms with Crippen LogP contribution in [0.25, 0.3) is 6.08 Å². The lowest BCUT2D eigenvalue weighted by Crippen LogP contribution is -2.30. The summed E-state index contributed by atoms with van der Waals surface area (Å²) < 4.78 is 10.8. The fourth-order valence-corrected chi connectivity index (χ4v) is 5.51. The minimum absolute atomic E-state index is 0.00791. The molecular weight excluding hydrogens is 587 g/mol. The summed E-state index contributed by atoms with van der Waals surface area (Å²) in [6, 6.07) is 20.9. The smallest absolute Gasteiger partial charge is 0.272 e. The molecule has 43 heavy (non-hydrogen) atoms.